The number of nitrogens with one attached hydrogen (secondary N) is 1. The van der Waals surface area contributed by atoms with Gasteiger partial charge in [0.05, 0.1) is 22.8 Å². The van der Waals surface area contributed by atoms with E-state index in [2.05, 4.69) is 28.1 Å². The van der Waals surface area contributed by atoms with Crippen molar-refractivity contribution in [3.8, 4) is 11.4 Å². The van der Waals surface area contributed by atoms with Crippen LogP contribution in [-0.4, -0.2) is 11.7 Å². The van der Waals surface area contributed by atoms with Crippen LogP contribution < -0.4 is 10.1 Å². The first-order valence-electron chi connectivity index (χ1n) is 7.63. The largest absolute Gasteiger partial charge is 0.497 e. The van der Waals surface area contributed by atoms with Gasteiger partial charge in [0.25, 0.3) is 0 Å². The lowest BCUT2D eigenvalue weighted by molar-refractivity contribution is 0.414. The molecule has 1 heterocycles. The SMILES string of the molecule is COc1ccc(CNCc2cccn2-c2cccc(Cl)c2Cl)cc1. The van der Waals surface area contributed by atoms with Gasteiger partial charge in [-0.25, -0.2) is 0 Å². The van der Waals surface area contributed by atoms with Crippen molar-refractivity contribution in [1.82, 2.24) is 9.88 Å². The van der Waals surface area contributed by atoms with Crippen molar-refractivity contribution in [1.29, 1.82) is 0 Å². The summed E-state index contributed by atoms with van der Waals surface area (Å²) < 4.78 is 7.22. The van der Waals surface area contributed by atoms with Gasteiger partial charge in [0.2, 0.25) is 0 Å². The second-order valence-corrected chi connectivity index (χ2v) is 6.18. The summed E-state index contributed by atoms with van der Waals surface area (Å²) >= 11 is 12.5. The summed E-state index contributed by atoms with van der Waals surface area (Å²) in [7, 11) is 1.67. The second kappa shape index (κ2) is 7.75. The maximum atomic E-state index is 6.33. The highest BCUT2D eigenvalue weighted by atomic mass is 35.5. The summed E-state index contributed by atoms with van der Waals surface area (Å²) in [6.07, 6.45) is 1.99. The van der Waals surface area contributed by atoms with Crippen molar-refractivity contribution in [3.05, 3.63) is 82.1 Å². The van der Waals surface area contributed by atoms with E-state index in [0.29, 0.717) is 10.0 Å². The minimum Gasteiger partial charge on any atom is -0.497 e. The van der Waals surface area contributed by atoms with E-state index in [0.717, 1.165) is 30.2 Å². The predicted octanol–water partition coefficient (Wildman–Crippen LogP) is 5.08. The number of rotatable bonds is 6. The van der Waals surface area contributed by atoms with E-state index in [1.165, 1.54) is 5.56 Å². The molecule has 0 aliphatic carbocycles. The van der Waals surface area contributed by atoms with Gasteiger partial charge in [0.15, 0.2) is 0 Å². The van der Waals surface area contributed by atoms with E-state index < -0.39 is 0 Å². The predicted molar refractivity (Wildman–Crippen MR) is 99.3 cm³/mol. The first-order valence-corrected chi connectivity index (χ1v) is 8.39. The lowest BCUT2D eigenvalue weighted by Crippen LogP contribution is -2.15. The number of aromatic nitrogens is 1. The molecule has 0 spiro atoms. The molecule has 0 unspecified atom stereocenters. The minimum absolute atomic E-state index is 0.556. The second-order valence-electron chi connectivity index (χ2n) is 5.39. The van der Waals surface area contributed by atoms with Crippen LogP contribution in [0.4, 0.5) is 0 Å². The molecule has 124 valence electrons. The van der Waals surface area contributed by atoms with Crippen molar-refractivity contribution in [2.45, 2.75) is 13.1 Å². The van der Waals surface area contributed by atoms with Crippen molar-refractivity contribution in [2.24, 2.45) is 0 Å². The molecule has 0 fully saturated rings. The summed E-state index contributed by atoms with van der Waals surface area (Å²) in [5, 5.41) is 4.57. The Morgan fingerprint density at radius 2 is 1.75 bits per heavy atom. The number of methoxy groups -OCH3 is 1. The molecule has 0 aliphatic heterocycles. The van der Waals surface area contributed by atoms with Crippen LogP contribution in [-0.2, 0) is 13.1 Å². The fourth-order valence-electron chi connectivity index (χ4n) is 2.55. The molecule has 3 rings (SSSR count). The average molecular weight is 361 g/mol. The number of ether oxygens (including phenoxy) is 1. The van der Waals surface area contributed by atoms with Crippen molar-refractivity contribution in [2.75, 3.05) is 7.11 Å². The molecule has 3 aromatic rings. The van der Waals surface area contributed by atoms with E-state index in [9.17, 15) is 0 Å². The van der Waals surface area contributed by atoms with Crippen LogP contribution in [0.3, 0.4) is 0 Å². The van der Waals surface area contributed by atoms with Crippen LogP contribution in [0.5, 0.6) is 5.75 Å². The average Bonchev–Trinajstić information content (AvgIpc) is 3.06. The Bertz CT molecular complexity index is 812. The molecule has 3 nitrogen and oxygen atoms in total. The molecule has 0 saturated heterocycles. The zero-order valence-electron chi connectivity index (χ0n) is 13.3. The Hall–Kier alpha value is -1.94. The quantitative estimate of drug-likeness (QED) is 0.662. The maximum Gasteiger partial charge on any atom is 0.118 e. The topological polar surface area (TPSA) is 26.2 Å². The summed E-state index contributed by atoms with van der Waals surface area (Å²) in [5.41, 5.74) is 3.21. The lowest BCUT2D eigenvalue weighted by atomic mass is 10.2. The third-order valence-corrected chi connectivity index (χ3v) is 4.63. The Morgan fingerprint density at radius 1 is 0.958 bits per heavy atom. The molecular weight excluding hydrogens is 343 g/mol. The molecular formula is C19H18Cl2N2O. The molecule has 0 amide bonds. The summed E-state index contributed by atoms with van der Waals surface area (Å²) in [6, 6.07) is 17.8. The Morgan fingerprint density at radius 3 is 2.50 bits per heavy atom. The molecule has 0 radical (unpaired) electrons. The van der Waals surface area contributed by atoms with Crippen LogP contribution in [0, 0.1) is 0 Å². The normalized spacial score (nSPS) is 10.8. The third-order valence-electron chi connectivity index (χ3n) is 3.82. The van der Waals surface area contributed by atoms with Crippen LogP contribution >= 0.6 is 23.2 Å². The fraction of sp³-hybridized carbons (Fsp3) is 0.158. The molecule has 24 heavy (non-hydrogen) atoms. The molecule has 2 aromatic carbocycles. The number of nitrogens with zero attached hydrogens (tertiary/aromatic N) is 1. The number of benzene rings is 2. The molecule has 0 saturated carbocycles. The zero-order valence-corrected chi connectivity index (χ0v) is 14.8. The van der Waals surface area contributed by atoms with E-state index in [4.69, 9.17) is 27.9 Å². The van der Waals surface area contributed by atoms with Gasteiger partial charge in [0, 0.05) is 25.0 Å². The van der Waals surface area contributed by atoms with Gasteiger partial charge >= 0.3 is 0 Å². The van der Waals surface area contributed by atoms with Gasteiger partial charge in [0.1, 0.15) is 5.75 Å². The van der Waals surface area contributed by atoms with E-state index >= 15 is 0 Å². The zero-order chi connectivity index (χ0) is 16.9. The maximum absolute atomic E-state index is 6.33. The highest BCUT2D eigenvalue weighted by Crippen LogP contribution is 2.29. The lowest BCUT2D eigenvalue weighted by Gasteiger charge is -2.13. The Balaban J connectivity index is 1.68. The molecule has 0 bridgehead atoms. The van der Waals surface area contributed by atoms with Crippen LogP contribution in [0.1, 0.15) is 11.3 Å². The molecule has 0 atom stereocenters. The van der Waals surface area contributed by atoms with Gasteiger partial charge in [-0.05, 0) is 42.0 Å². The van der Waals surface area contributed by atoms with Crippen molar-refractivity contribution < 1.29 is 4.74 Å². The summed E-state index contributed by atoms with van der Waals surface area (Å²) in [4.78, 5) is 0. The van der Waals surface area contributed by atoms with Gasteiger partial charge in [-0.15, -0.1) is 0 Å². The van der Waals surface area contributed by atoms with Crippen LogP contribution in [0.2, 0.25) is 10.0 Å². The van der Waals surface area contributed by atoms with Gasteiger partial charge in [-0.3, -0.25) is 0 Å². The Labute approximate surface area is 151 Å². The summed E-state index contributed by atoms with van der Waals surface area (Å²) in [5.74, 6) is 0.864. The minimum atomic E-state index is 0.556. The highest BCUT2D eigenvalue weighted by molar-refractivity contribution is 6.43. The highest BCUT2D eigenvalue weighted by Gasteiger charge is 2.09. The molecule has 1 N–H and O–H groups in total. The van der Waals surface area contributed by atoms with E-state index in [1.807, 2.05) is 36.5 Å². The monoisotopic (exact) mass is 360 g/mol. The van der Waals surface area contributed by atoms with Crippen molar-refractivity contribution >= 4 is 23.2 Å². The van der Waals surface area contributed by atoms with Gasteiger partial charge < -0.3 is 14.6 Å². The van der Waals surface area contributed by atoms with Crippen LogP contribution in [0.25, 0.3) is 5.69 Å². The van der Waals surface area contributed by atoms with E-state index in [-0.39, 0.29) is 0 Å². The third kappa shape index (κ3) is 3.75. The smallest absolute Gasteiger partial charge is 0.118 e. The molecule has 5 heteroatoms. The van der Waals surface area contributed by atoms with Gasteiger partial charge in [-0.2, -0.15) is 0 Å². The van der Waals surface area contributed by atoms with Gasteiger partial charge in [-0.1, -0.05) is 41.4 Å². The van der Waals surface area contributed by atoms with Crippen molar-refractivity contribution in [3.63, 3.8) is 0 Å². The number of halogens is 2. The number of hydrogen-bond donors (Lipinski definition) is 1. The first-order chi connectivity index (χ1) is 11.7. The van der Waals surface area contributed by atoms with Crippen LogP contribution in [0.15, 0.2) is 60.8 Å². The summed E-state index contributed by atoms with van der Waals surface area (Å²) in [6.45, 7) is 1.50. The standard InChI is InChI=1S/C19H18Cl2N2O/c1-24-16-9-7-14(8-10-16)12-22-13-15-4-3-11-23(15)18-6-2-5-17(20)19(18)21/h2-11,22H,12-13H2,1H3. The van der Waals surface area contributed by atoms with E-state index in [1.54, 1.807) is 13.2 Å². The first kappa shape index (κ1) is 16.9. The molecule has 1 aromatic heterocycles. The number of hydrogen-bond acceptors (Lipinski definition) is 2. The molecule has 0 aliphatic rings. The fourth-order valence-corrected chi connectivity index (χ4v) is 2.94. The Kier molecular flexibility index (Phi) is 5.46.